The molecule has 0 unspecified atom stereocenters. The number of likely N-dealkylation sites (tertiary alicyclic amines) is 1. The molecular formula is C16H27NO4S. The molecule has 1 heterocycles. The van der Waals surface area contributed by atoms with Crippen LogP contribution in [0.2, 0.25) is 0 Å². The summed E-state index contributed by atoms with van der Waals surface area (Å²) in [4.78, 5) is 25.7. The van der Waals surface area contributed by atoms with Crippen molar-refractivity contribution in [3.63, 3.8) is 0 Å². The van der Waals surface area contributed by atoms with Crippen molar-refractivity contribution in [2.24, 2.45) is 5.92 Å². The van der Waals surface area contributed by atoms with E-state index in [9.17, 15) is 18.9 Å². The lowest BCUT2D eigenvalue weighted by molar-refractivity contribution is -0.144. The van der Waals surface area contributed by atoms with Crippen molar-refractivity contribution in [1.82, 2.24) is 4.90 Å². The maximum atomic E-state index is 12.4. The second-order valence-electron chi connectivity index (χ2n) is 6.70. The third-order valence-electron chi connectivity index (χ3n) is 5.30. The molecule has 5 nitrogen and oxygen atoms in total. The van der Waals surface area contributed by atoms with E-state index in [1.165, 1.54) is 31.9 Å². The van der Waals surface area contributed by atoms with Gasteiger partial charge in [-0.25, -0.2) is 0 Å². The Bertz CT molecular complexity index is 419. The van der Waals surface area contributed by atoms with Crippen molar-refractivity contribution in [3.05, 3.63) is 0 Å². The Morgan fingerprint density at radius 3 is 2.14 bits per heavy atom. The van der Waals surface area contributed by atoms with E-state index in [0.29, 0.717) is 38.3 Å². The van der Waals surface area contributed by atoms with Gasteiger partial charge in [0, 0.05) is 36.6 Å². The molecule has 22 heavy (non-hydrogen) atoms. The largest absolute Gasteiger partial charge is 0.480 e. The van der Waals surface area contributed by atoms with Gasteiger partial charge in [-0.3, -0.25) is 13.8 Å². The van der Waals surface area contributed by atoms with Crippen LogP contribution in [0.15, 0.2) is 0 Å². The number of aliphatic carboxylic acids is 1. The lowest BCUT2D eigenvalue weighted by atomic mass is 9.93. The molecule has 1 amide bonds. The molecule has 126 valence electrons. The smallest absolute Gasteiger partial charge is 0.322 e. The van der Waals surface area contributed by atoms with E-state index in [1.54, 1.807) is 4.90 Å². The predicted octanol–water partition coefficient (Wildman–Crippen LogP) is 2.17. The number of hydrogen-bond donors (Lipinski definition) is 1. The molecule has 1 aliphatic carbocycles. The summed E-state index contributed by atoms with van der Waals surface area (Å²) < 4.78 is 10.7. The summed E-state index contributed by atoms with van der Waals surface area (Å²) in [5.41, 5.74) is 0. The van der Waals surface area contributed by atoms with Crippen molar-refractivity contribution in [2.45, 2.75) is 62.5 Å². The molecule has 2 aliphatic rings. The highest BCUT2D eigenvalue weighted by Crippen LogP contribution is 2.30. The van der Waals surface area contributed by atoms with Crippen LogP contribution in [-0.2, 0) is 20.4 Å². The first-order chi connectivity index (χ1) is 10.5. The molecule has 1 saturated carbocycles. The van der Waals surface area contributed by atoms with Crippen molar-refractivity contribution in [3.8, 4) is 0 Å². The highest BCUT2D eigenvalue weighted by atomic mass is 32.2. The normalized spacial score (nSPS) is 24.5. The molecule has 1 saturated heterocycles. The number of carboxylic acids is 1. The van der Waals surface area contributed by atoms with E-state index in [0.717, 1.165) is 12.8 Å². The molecule has 1 N–H and O–H groups in total. The van der Waals surface area contributed by atoms with Crippen LogP contribution in [0, 0.1) is 5.92 Å². The Morgan fingerprint density at radius 1 is 1.14 bits per heavy atom. The van der Waals surface area contributed by atoms with Crippen LogP contribution in [0.3, 0.4) is 0 Å². The molecule has 6 heteroatoms. The van der Waals surface area contributed by atoms with Gasteiger partial charge in [0.25, 0.3) is 0 Å². The average Bonchev–Trinajstić information content (AvgIpc) is 2.75. The summed E-state index contributed by atoms with van der Waals surface area (Å²) in [6, 6.07) is 0. The van der Waals surface area contributed by atoms with Gasteiger partial charge in [-0.15, -0.1) is 0 Å². The van der Waals surface area contributed by atoms with Crippen molar-refractivity contribution >= 4 is 22.7 Å². The van der Waals surface area contributed by atoms with Crippen LogP contribution in [-0.4, -0.2) is 50.2 Å². The zero-order valence-corrected chi connectivity index (χ0v) is 14.2. The van der Waals surface area contributed by atoms with Gasteiger partial charge in [0.15, 0.2) is 0 Å². The van der Waals surface area contributed by atoms with Gasteiger partial charge in [-0.2, -0.15) is 0 Å². The average molecular weight is 329 g/mol. The van der Waals surface area contributed by atoms with Gasteiger partial charge >= 0.3 is 5.97 Å². The topological polar surface area (TPSA) is 74.7 Å². The summed E-state index contributed by atoms with van der Waals surface area (Å²) in [5, 5.41) is 9.38. The fourth-order valence-electron chi connectivity index (χ4n) is 3.69. The molecule has 0 spiro atoms. The molecule has 0 bridgehead atoms. The van der Waals surface area contributed by atoms with E-state index < -0.39 is 21.5 Å². The highest BCUT2D eigenvalue weighted by Gasteiger charge is 2.46. The number of carbonyl (C=O) groups is 2. The van der Waals surface area contributed by atoms with Gasteiger partial charge in [-0.1, -0.05) is 25.7 Å². The summed E-state index contributed by atoms with van der Waals surface area (Å²) >= 11 is 0. The maximum Gasteiger partial charge on any atom is 0.322 e. The Hall–Kier alpha value is -0.910. The molecule has 2 rings (SSSR count). The lowest BCUT2D eigenvalue weighted by Gasteiger charge is -2.37. The first kappa shape index (κ1) is 17.4. The Kier molecular flexibility index (Phi) is 6.01. The molecule has 0 aromatic rings. The minimum Gasteiger partial charge on any atom is -0.480 e. The molecule has 2 fully saturated rings. The first-order valence-corrected chi connectivity index (χ1v) is 9.86. The lowest BCUT2D eigenvalue weighted by Crippen LogP contribution is -2.53. The van der Waals surface area contributed by atoms with E-state index >= 15 is 0 Å². The van der Waals surface area contributed by atoms with E-state index in [4.69, 9.17) is 0 Å². The Morgan fingerprint density at radius 2 is 1.68 bits per heavy atom. The van der Waals surface area contributed by atoms with Crippen LogP contribution >= 0.6 is 0 Å². The third-order valence-corrected chi connectivity index (χ3v) is 6.99. The van der Waals surface area contributed by atoms with Gasteiger partial charge in [0.2, 0.25) is 5.91 Å². The van der Waals surface area contributed by atoms with Crippen LogP contribution in [0.25, 0.3) is 0 Å². The van der Waals surface area contributed by atoms with Gasteiger partial charge in [0.05, 0.1) is 0 Å². The number of rotatable bonds is 4. The summed E-state index contributed by atoms with van der Waals surface area (Å²) in [6.45, 7) is 0.828. The standard InChI is InChI=1S/C16H27NO4S/c1-22(21)16(15(19)20)8-10-17(11-9-16)14(18)12-13-6-4-2-3-5-7-13/h13H,2-12H2,1H3,(H,19,20)/t22-/m1/s1. The number of carbonyl (C=O) groups excluding carboxylic acids is 1. The second kappa shape index (κ2) is 7.57. The van der Waals surface area contributed by atoms with E-state index in [2.05, 4.69) is 0 Å². The van der Waals surface area contributed by atoms with Crippen LogP contribution < -0.4 is 0 Å². The molecule has 0 aromatic carbocycles. The zero-order valence-electron chi connectivity index (χ0n) is 13.4. The van der Waals surface area contributed by atoms with Crippen LogP contribution in [0.5, 0.6) is 0 Å². The SMILES string of the molecule is C[S@@](=O)C1(C(=O)O)CCN(C(=O)CC2CCCCCC2)CC1. The van der Waals surface area contributed by atoms with Gasteiger partial charge < -0.3 is 10.0 Å². The molecular weight excluding hydrogens is 302 g/mol. The highest BCUT2D eigenvalue weighted by molar-refractivity contribution is 7.86. The van der Waals surface area contributed by atoms with Crippen LogP contribution in [0.4, 0.5) is 0 Å². The zero-order chi connectivity index (χ0) is 16.2. The van der Waals surface area contributed by atoms with E-state index in [1.807, 2.05) is 0 Å². The van der Waals surface area contributed by atoms with Gasteiger partial charge in [-0.05, 0) is 31.6 Å². The number of amides is 1. The molecule has 0 aromatic heterocycles. The number of nitrogens with zero attached hydrogens (tertiary/aromatic N) is 1. The minimum absolute atomic E-state index is 0.146. The summed E-state index contributed by atoms with van der Waals surface area (Å²) in [6.07, 6.45) is 9.89. The summed E-state index contributed by atoms with van der Waals surface area (Å²) in [7, 11) is -1.41. The van der Waals surface area contributed by atoms with Crippen LogP contribution in [0.1, 0.15) is 57.8 Å². The molecule has 0 radical (unpaired) electrons. The monoisotopic (exact) mass is 329 g/mol. The van der Waals surface area contributed by atoms with E-state index in [-0.39, 0.29) is 5.91 Å². The fourth-order valence-corrected chi connectivity index (χ4v) is 4.69. The van der Waals surface area contributed by atoms with Crippen molar-refractivity contribution < 1.29 is 18.9 Å². The Labute approximate surface area is 134 Å². The number of hydrogen-bond acceptors (Lipinski definition) is 3. The second-order valence-corrected chi connectivity index (χ2v) is 8.39. The first-order valence-electron chi connectivity index (χ1n) is 8.30. The van der Waals surface area contributed by atoms with Gasteiger partial charge in [0.1, 0.15) is 4.75 Å². The van der Waals surface area contributed by atoms with Crippen molar-refractivity contribution in [1.29, 1.82) is 0 Å². The number of carboxylic acid groups (broad SMARTS) is 1. The fraction of sp³-hybridized carbons (Fsp3) is 0.875. The minimum atomic E-state index is -1.41. The molecule has 1 aliphatic heterocycles. The quantitative estimate of drug-likeness (QED) is 0.802. The number of piperidine rings is 1. The summed E-state index contributed by atoms with van der Waals surface area (Å²) in [5.74, 6) is -0.363. The Balaban J connectivity index is 1.89. The van der Waals surface area contributed by atoms with Crippen molar-refractivity contribution in [2.75, 3.05) is 19.3 Å². The molecule has 1 atom stereocenters. The third kappa shape index (κ3) is 3.89. The maximum absolute atomic E-state index is 12.4. The predicted molar refractivity (Wildman–Crippen MR) is 86.1 cm³/mol.